The number of esters is 2. The van der Waals surface area contributed by atoms with Crippen molar-refractivity contribution in [2.24, 2.45) is 0 Å². The monoisotopic (exact) mass is 506 g/mol. The molecule has 1 aromatic rings. The van der Waals surface area contributed by atoms with Crippen LogP contribution in [0.3, 0.4) is 0 Å². The van der Waals surface area contributed by atoms with Crippen LogP contribution in [-0.2, 0) is 28.5 Å². The topological polar surface area (TPSA) is 172 Å². The smallest absolute Gasteiger partial charge is 0.334 e. The van der Waals surface area contributed by atoms with Gasteiger partial charge in [-0.15, -0.1) is 0 Å². The zero-order valence-electron chi connectivity index (χ0n) is 19.6. The second-order valence-electron chi connectivity index (χ2n) is 8.54. The molecule has 0 amide bonds. The summed E-state index contributed by atoms with van der Waals surface area (Å²) in [5.41, 5.74) is 1.39. The van der Waals surface area contributed by atoms with Crippen LogP contribution < -0.4 is 0 Å². The van der Waals surface area contributed by atoms with Gasteiger partial charge in [0.25, 0.3) is 0 Å². The lowest BCUT2D eigenvalue weighted by molar-refractivity contribution is -0.298. The number of benzene rings is 1. The van der Waals surface area contributed by atoms with Gasteiger partial charge in [0.2, 0.25) is 0 Å². The third-order valence-corrected chi connectivity index (χ3v) is 5.75. The maximum atomic E-state index is 12.3. The maximum absolute atomic E-state index is 12.3. The summed E-state index contributed by atoms with van der Waals surface area (Å²) in [5.74, 6) is -1.21. The van der Waals surface area contributed by atoms with Crippen LogP contribution in [0.25, 0.3) is 6.08 Å². The number of hydrogen-bond acceptors (Lipinski definition) is 11. The molecule has 7 atom stereocenters. The van der Waals surface area contributed by atoms with Crippen LogP contribution in [0.15, 0.2) is 54.1 Å². The molecule has 2 aliphatic heterocycles. The number of phenols is 1. The number of aromatic hydroxyl groups is 1. The van der Waals surface area contributed by atoms with Gasteiger partial charge in [-0.25, -0.2) is 9.59 Å². The number of aliphatic hydroxyl groups excluding tert-OH is 4. The molecule has 2 heterocycles. The van der Waals surface area contributed by atoms with Gasteiger partial charge in [-0.05, 0) is 42.3 Å². The summed E-state index contributed by atoms with van der Waals surface area (Å²) in [5, 5.41) is 48.2. The Kier molecular flexibility index (Phi) is 9.37. The van der Waals surface area contributed by atoms with E-state index < -0.39 is 61.5 Å². The van der Waals surface area contributed by atoms with Gasteiger partial charge in [-0.3, -0.25) is 0 Å². The highest BCUT2D eigenvalue weighted by Gasteiger charge is 2.44. The molecule has 0 aliphatic carbocycles. The highest BCUT2D eigenvalue weighted by atomic mass is 16.7. The number of rotatable bonds is 9. The molecule has 5 N–H and O–H groups in total. The van der Waals surface area contributed by atoms with Crippen molar-refractivity contribution < 1.29 is 54.1 Å². The Balaban J connectivity index is 1.57. The van der Waals surface area contributed by atoms with Crippen LogP contribution in [0.1, 0.15) is 18.9 Å². The number of carbonyl (C=O) groups is 2. The van der Waals surface area contributed by atoms with E-state index in [0.717, 1.165) is 0 Å². The minimum atomic E-state index is -1.58. The molecule has 2 saturated heterocycles. The Bertz CT molecular complexity index is 998. The van der Waals surface area contributed by atoms with Crippen molar-refractivity contribution >= 4 is 18.0 Å². The second-order valence-corrected chi connectivity index (χ2v) is 8.54. The molecule has 196 valence electrons. The summed E-state index contributed by atoms with van der Waals surface area (Å²) in [6.07, 6.45) is -4.58. The molecule has 0 bridgehead atoms. The van der Waals surface area contributed by atoms with Crippen molar-refractivity contribution in [3.8, 4) is 5.75 Å². The van der Waals surface area contributed by atoms with Crippen molar-refractivity contribution in [3.05, 3.63) is 59.7 Å². The van der Waals surface area contributed by atoms with Crippen molar-refractivity contribution in [1.82, 2.24) is 0 Å². The molecule has 0 radical (unpaired) electrons. The van der Waals surface area contributed by atoms with Crippen LogP contribution in [0.5, 0.6) is 5.75 Å². The number of carbonyl (C=O) groups excluding carboxylic acids is 2. The van der Waals surface area contributed by atoms with Gasteiger partial charge in [0.1, 0.15) is 36.3 Å². The molecule has 36 heavy (non-hydrogen) atoms. The largest absolute Gasteiger partial charge is 0.508 e. The number of ether oxygens (including phenoxy) is 4. The second kappa shape index (κ2) is 12.3. The van der Waals surface area contributed by atoms with Crippen molar-refractivity contribution in [1.29, 1.82) is 0 Å². The predicted molar refractivity (Wildman–Crippen MR) is 124 cm³/mol. The van der Waals surface area contributed by atoms with E-state index in [0.29, 0.717) is 11.1 Å². The number of aliphatic hydroxyl groups is 4. The quantitative estimate of drug-likeness (QED) is 0.173. The third kappa shape index (κ3) is 6.78. The van der Waals surface area contributed by atoms with E-state index in [9.17, 15) is 35.1 Å². The van der Waals surface area contributed by atoms with Gasteiger partial charge in [0.15, 0.2) is 12.4 Å². The molecular formula is C25H30O11. The molecule has 11 nitrogen and oxygen atoms in total. The lowest BCUT2D eigenvalue weighted by Gasteiger charge is -2.39. The normalized spacial score (nSPS) is 30.4. The zero-order valence-corrected chi connectivity index (χ0v) is 19.6. The van der Waals surface area contributed by atoms with E-state index in [-0.39, 0.29) is 24.4 Å². The van der Waals surface area contributed by atoms with Crippen LogP contribution >= 0.6 is 0 Å². The van der Waals surface area contributed by atoms with Gasteiger partial charge in [-0.2, -0.15) is 0 Å². The first-order valence-electron chi connectivity index (χ1n) is 11.3. The van der Waals surface area contributed by atoms with Crippen LogP contribution in [-0.4, -0.2) is 93.6 Å². The van der Waals surface area contributed by atoms with E-state index in [1.165, 1.54) is 30.4 Å². The third-order valence-electron chi connectivity index (χ3n) is 5.75. The molecule has 2 aliphatic rings. The summed E-state index contributed by atoms with van der Waals surface area (Å²) in [6, 6.07) is 6.21. The average molecular weight is 507 g/mol. The summed E-state index contributed by atoms with van der Waals surface area (Å²) in [6.45, 7) is 4.66. The van der Waals surface area contributed by atoms with Gasteiger partial charge in [0, 0.05) is 18.1 Å². The Morgan fingerprint density at radius 1 is 1.19 bits per heavy atom. The minimum Gasteiger partial charge on any atom is -0.508 e. The van der Waals surface area contributed by atoms with Crippen molar-refractivity contribution in [2.45, 2.75) is 56.3 Å². The molecule has 0 aromatic heterocycles. The summed E-state index contributed by atoms with van der Waals surface area (Å²) in [7, 11) is 0. The Morgan fingerprint density at radius 2 is 1.89 bits per heavy atom. The van der Waals surface area contributed by atoms with Crippen LogP contribution in [0.2, 0.25) is 0 Å². The molecule has 1 aromatic carbocycles. The van der Waals surface area contributed by atoms with Crippen LogP contribution in [0, 0.1) is 0 Å². The maximum Gasteiger partial charge on any atom is 0.334 e. The minimum absolute atomic E-state index is 0.0996. The Morgan fingerprint density at radius 3 is 2.53 bits per heavy atom. The van der Waals surface area contributed by atoms with Gasteiger partial charge in [-0.1, -0.05) is 18.7 Å². The molecule has 11 heteroatoms. The Hall–Kier alpha value is -3.06. The fraction of sp³-hybridized carbons (Fsp3) is 0.440. The van der Waals surface area contributed by atoms with Crippen LogP contribution in [0.4, 0.5) is 0 Å². The van der Waals surface area contributed by atoms with E-state index in [1.807, 2.05) is 0 Å². The fourth-order valence-electron chi connectivity index (χ4n) is 3.75. The molecule has 3 rings (SSSR count). The lowest BCUT2D eigenvalue weighted by atomic mass is 9.99. The molecule has 0 saturated carbocycles. The fourth-order valence-corrected chi connectivity index (χ4v) is 3.75. The van der Waals surface area contributed by atoms with Gasteiger partial charge in [0.05, 0.1) is 13.2 Å². The highest BCUT2D eigenvalue weighted by molar-refractivity contribution is 5.91. The number of phenolic OH excluding ortho intramolecular Hbond substituents is 1. The Labute approximate surface area is 207 Å². The van der Waals surface area contributed by atoms with Crippen molar-refractivity contribution in [3.63, 3.8) is 0 Å². The zero-order chi connectivity index (χ0) is 26.4. The highest BCUT2D eigenvalue weighted by Crippen LogP contribution is 2.28. The standard InChI is InChI=1S/C25H30O11/c1-13(2)23(36-19(28)8-5-14-3-6-16(27)7-4-14)17-11-15(24(32)34-17)9-10-33-25-22(31)21(30)20(29)18(12-26)35-25/h3-9,17-18,20-23,25-27,29-31H,1,10-12H2,2H3/b8-5+,15-9+/t17?,18-,20-,21+,22-,23?,25-/m1/s1. The summed E-state index contributed by atoms with van der Waals surface area (Å²) < 4.78 is 21.5. The van der Waals surface area contributed by atoms with Gasteiger partial charge >= 0.3 is 11.9 Å². The number of cyclic esters (lactones) is 1. The predicted octanol–water partition coefficient (Wildman–Crippen LogP) is -0.0483. The lowest BCUT2D eigenvalue weighted by Crippen LogP contribution is -2.59. The first-order valence-corrected chi connectivity index (χ1v) is 11.3. The van der Waals surface area contributed by atoms with E-state index in [2.05, 4.69) is 6.58 Å². The first-order chi connectivity index (χ1) is 17.1. The molecule has 2 unspecified atom stereocenters. The van der Waals surface area contributed by atoms with Crippen molar-refractivity contribution in [2.75, 3.05) is 13.2 Å². The average Bonchev–Trinajstić information content (AvgIpc) is 3.21. The number of hydrogen-bond donors (Lipinski definition) is 5. The van der Waals surface area contributed by atoms with E-state index >= 15 is 0 Å². The van der Waals surface area contributed by atoms with E-state index in [1.54, 1.807) is 19.1 Å². The van der Waals surface area contributed by atoms with E-state index in [4.69, 9.17) is 18.9 Å². The first kappa shape index (κ1) is 27.5. The summed E-state index contributed by atoms with van der Waals surface area (Å²) in [4.78, 5) is 24.7. The van der Waals surface area contributed by atoms with Gasteiger partial charge < -0.3 is 44.5 Å². The SMILES string of the molecule is C=C(C)C(OC(=O)/C=C/c1ccc(O)cc1)C1C/C(=C\CO[C@@H]2O[C@H](CO)[C@@H](O)[C@H](O)[C@H]2O)C(=O)O1. The molecular weight excluding hydrogens is 476 g/mol. The molecule has 2 fully saturated rings. The summed E-state index contributed by atoms with van der Waals surface area (Å²) >= 11 is 0. The molecule has 0 spiro atoms.